The van der Waals surface area contributed by atoms with Gasteiger partial charge in [-0.2, -0.15) is 5.26 Å². The van der Waals surface area contributed by atoms with Gasteiger partial charge in [-0.3, -0.25) is 0 Å². The lowest BCUT2D eigenvalue weighted by Crippen LogP contribution is -2.25. The number of ether oxygens (including phenoxy) is 3. The minimum Gasteiger partial charge on any atom is -0.463 e. The van der Waals surface area contributed by atoms with Gasteiger partial charge in [-0.1, -0.05) is 23.7 Å². The van der Waals surface area contributed by atoms with E-state index in [0.717, 1.165) is 0 Å². The Labute approximate surface area is 172 Å². The van der Waals surface area contributed by atoms with Gasteiger partial charge in [0.1, 0.15) is 23.2 Å². The minimum atomic E-state index is -0.711. The van der Waals surface area contributed by atoms with Crippen LogP contribution in [0, 0.1) is 11.3 Å². The Balaban J connectivity index is 1.94. The quantitative estimate of drug-likeness (QED) is 0.740. The molecule has 0 aliphatic carbocycles. The van der Waals surface area contributed by atoms with Crippen LogP contribution in [0.2, 0.25) is 5.15 Å². The third kappa shape index (κ3) is 4.31. The van der Waals surface area contributed by atoms with E-state index < -0.39 is 11.9 Å². The zero-order chi connectivity index (χ0) is 21.0. The molecule has 1 atom stereocenters. The Hall–Kier alpha value is -3.57. The number of aromatic nitrogens is 2. The van der Waals surface area contributed by atoms with Gasteiger partial charge in [0.25, 0.3) is 0 Å². The first-order valence-corrected chi connectivity index (χ1v) is 9.05. The van der Waals surface area contributed by atoms with E-state index in [-0.39, 0.29) is 34.7 Å². The second-order valence-electron chi connectivity index (χ2n) is 5.98. The van der Waals surface area contributed by atoms with E-state index in [0.29, 0.717) is 17.1 Å². The number of allylic oxidation sites excluding steroid dienone is 2. The van der Waals surface area contributed by atoms with Crippen molar-refractivity contribution < 1.29 is 19.0 Å². The molecular weight excluding hydrogens is 396 g/mol. The number of hydrogen-bond donors (Lipinski definition) is 1. The Morgan fingerprint density at radius 1 is 1.28 bits per heavy atom. The van der Waals surface area contributed by atoms with Crippen LogP contribution in [-0.2, 0) is 14.3 Å². The monoisotopic (exact) mass is 412 g/mol. The Kier molecular flexibility index (Phi) is 6.00. The van der Waals surface area contributed by atoms with Crippen molar-refractivity contribution in [2.45, 2.75) is 19.8 Å². The number of hydrogen-bond acceptors (Lipinski definition) is 8. The lowest BCUT2D eigenvalue weighted by Gasteiger charge is -2.26. The molecule has 2 N–H and O–H groups in total. The van der Waals surface area contributed by atoms with Gasteiger partial charge in [-0.15, -0.1) is 10.2 Å². The van der Waals surface area contributed by atoms with Crippen LogP contribution in [0.25, 0.3) is 0 Å². The molecule has 8 nitrogen and oxygen atoms in total. The molecular formula is C20H17ClN4O4. The highest BCUT2D eigenvalue weighted by atomic mass is 35.5. The molecule has 9 heteroatoms. The summed E-state index contributed by atoms with van der Waals surface area (Å²) in [7, 11) is 0. The summed E-state index contributed by atoms with van der Waals surface area (Å²) in [4.78, 5) is 12.5. The summed E-state index contributed by atoms with van der Waals surface area (Å²) >= 11 is 5.71. The van der Waals surface area contributed by atoms with Crippen molar-refractivity contribution in [3.05, 3.63) is 69.9 Å². The largest absolute Gasteiger partial charge is 0.463 e. The smallest absolute Gasteiger partial charge is 0.338 e. The summed E-state index contributed by atoms with van der Waals surface area (Å²) in [5.74, 6) is -0.255. The van der Waals surface area contributed by atoms with Gasteiger partial charge in [-0.05, 0) is 37.6 Å². The van der Waals surface area contributed by atoms with Gasteiger partial charge >= 0.3 is 5.97 Å². The first kappa shape index (κ1) is 20.2. The van der Waals surface area contributed by atoms with Crippen LogP contribution in [0.4, 0.5) is 0 Å². The van der Waals surface area contributed by atoms with Gasteiger partial charge in [0, 0.05) is 6.07 Å². The predicted octanol–water partition coefficient (Wildman–Crippen LogP) is 3.57. The van der Waals surface area contributed by atoms with E-state index in [1.165, 1.54) is 0 Å². The lowest BCUT2D eigenvalue weighted by molar-refractivity contribution is -0.139. The number of rotatable bonds is 5. The molecule has 0 bridgehead atoms. The van der Waals surface area contributed by atoms with Crippen LogP contribution in [0.15, 0.2) is 59.2 Å². The van der Waals surface area contributed by atoms with Crippen LogP contribution in [0.1, 0.15) is 25.3 Å². The molecule has 29 heavy (non-hydrogen) atoms. The standard InChI is InChI=1S/C20H17ClN4O4/c1-3-27-20(26)17-11(2)28-19(23)14(10-22)18(17)12-4-6-13(7-5-12)29-16-9-8-15(21)24-25-16/h4-9,18H,3,23H2,1-2H3. The van der Waals surface area contributed by atoms with Crippen LogP contribution in [0.5, 0.6) is 11.6 Å². The van der Waals surface area contributed by atoms with Gasteiger partial charge in [0.15, 0.2) is 5.15 Å². The molecule has 1 aromatic heterocycles. The van der Waals surface area contributed by atoms with Crippen LogP contribution < -0.4 is 10.5 Å². The molecule has 0 amide bonds. The SMILES string of the molecule is CCOC(=O)C1=C(C)OC(N)=C(C#N)C1c1ccc(Oc2ccc(Cl)nn2)cc1. The molecule has 2 heterocycles. The minimum absolute atomic E-state index is 0.0418. The number of benzene rings is 1. The van der Waals surface area contributed by atoms with Gasteiger partial charge in [0.05, 0.1) is 18.1 Å². The molecule has 0 fully saturated rings. The molecule has 0 radical (unpaired) electrons. The average Bonchev–Trinajstić information content (AvgIpc) is 2.70. The molecule has 1 aliphatic heterocycles. The number of esters is 1. The van der Waals surface area contributed by atoms with E-state index in [4.69, 9.17) is 31.5 Å². The fourth-order valence-electron chi connectivity index (χ4n) is 2.90. The maximum absolute atomic E-state index is 12.5. The maximum Gasteiger partial charge on any atom is 0.338 e. The summed E-state index contributed by atoms with van der Waals surface area (Å²) < 4.78 is 16.2. The Morgan fingerprint density at radius 2 is 2.00 bits per heavy atom. The third-order valence-corrected chi connectivity index (χ3v) is 4.35. The van der Waals surface area contributed by atoms with Crippen molar-refractivity contribution in [2.24, 2.45) is 5.73 Å². The van der Waals surface area contributed by atoms with Crippen LogP contribution in [0.3, 0.4) is 0 Å². The van der Waals surface area contributed by atoms with Crippen LogP contribution >= 0.6 is 11.6 Å². The van der Waals surface area contributed by atoms with Crippen molar-refractivity contribution in [3.8, 4) is 17.7 Å². The van der Waals surface area contributed by atoms with E-state index in [1.807, 2.05) is 6.07 Å². The lowest BCUT2D eigenvalue weighted by atomic mass is 9.83. The van der Waals surface area contributed by atoms with Crippen LogP contribution in [-0.4, -0.2) is 22.8 Å². The van der Waals surface area contributed by atoms with Crippen molar-refractivity contribution in [1.82, 2.24) is 10.2 Å². The first-order chi connectivity index (χ1) is 13.9. The van der Waals surface area contributed by atoms with Crippen molar-refractivity contribution >= 4 is 17.6 Å². The average molecular weight is 413 g/mol. The molecule has 3 rings (SSSR count). The van der Waals surface area contributed by atoms with Gasteiger partial charge < -0.3 is 19.9 Å². The second kappa shape index (κ2) is 8.63. The highest BCUT2D eigenvalue weighted by Gasteiger charge is 2.36. The summed E-state index contributed by atoms with van der Waals surface area (Å²) in [6, 6.07) is 12.0. The highest BCUT2D eigenvalue weighted by molar-refractivity contribution is 6.29. The van der Waals surface area contributed by atoms with Gasteiger partial charge in [-0.25, -0.2) is 4.79 Å². The maximum atomic E-state index is 12.5. The second-order valence-corrected chi connectivity index (χ2v) is 6.37. The zero-order valence-electron chi connectivity index (χ0n) is 15.7. The highest BCUT2D eigenvalue weighted by Crippen LogP contribution is 2.40. The molecule has 1 unspecified atom stereocenters. The van der Waals surface area contributed by atoms with E-state index in [9.17, 15) is 10.1 Å². The molecule has 2 aromatic rings. The first-order valence-electron chi connectivity index (χ1n) is 8.67. The summed E-state index contributed by atoms with van der Waals surface area (Å²) in [6.07, 6.45) is 0. The molecule has 1 aromatic carbocycles. The fraction of sp³-hybridized carbons (Fsp3) is 0.200. The molecule has 0 saturated heterocycles. The topological polar surface area (TPSA) is 120 Å². The number of halogens is 1. The number of nitrogens with two attached hydrogens (primary N) is 1. The van der Waals surface area contributed by atoms with Crippen molar-refractivity contribution in [3.63, 3.8) is 0 Å². The number of carbonyl (C=O) groups excluding carboxylic acids is 1. The van der Waals surface area contributed by atoms with E-state index >= 15 is 0 Å². The number of nitriles is 1. The van der Waals surface area contributed by atoms with E-state index in [1.54, 1.807) is 50.2 Å². The third-order valence-electron chi connectivity index (χ3n) is 4.14. The molecule has 148 valence electrons. The number of carbonyl (C=O) groups is 1. The summed E-state index contributed by atoms with van der Waals surface area (Å²) in [5.41, 5.74) is 6.91. The zero-order valence-corrected chi connectivity index (χ0v) is 16.4. The number of nitrogens with zero attached hydrogens (tertiary/aromatic N) is 3. The summed E-state index contributed by atoms with van der Waals surface area (Å²) in [6.45, 7) is 3.50. The molecule has 1 aliphatic rings. The Bertz CT molecular complexity index is 1020. The van der Waals surface area contributed by atoms with Gasteiger partial charge in [0.2, 0.25) is 11.8 Å². The normalized spacial score (nSPS) is 16.1. The molecule has 0 spiro atoms. The van der Waals surface area contributed by atoms with E-state index in [2.05, 4.69) is 10.2 Å². The van der Waals surface area contributed by atoms with Crippen molar-refractivity contribution in [2.75, 3.05) is 6.61 Å². The summed E-state index contributed by atoms with van der Waals surface area (Å²) in [5, 5.41) is 17.4. The van der Waals surface area contributed by atoms with Crippen molar-refractivity contribution in [1.29, 1.82) is 5.26 Å². The predicted molar refractivity (Wildman–Crippen MR) is 104 cm³/mol. The Morgan fingerprint density at radius 3 is 2.59 bits per heavy atom. The molecule has 0 saturated carbocycles. The fourth-order valence-corrected chi connectivity index (χ4v) is 3.00.